The summed E-state index contributed by atoms with van der Waals surface area (Å²) in [7, 11) is 0. The molecule has 0 N–H and O–H groups in total. The van der Waals surface area contributed by atoms with Gasteiger partial charge in [-0.1, -0.05) is 43.7 Å². The molecule has 0 aliphatic carbocycles. The molecule has 3 heteroatoms. The average molecular weight is 275 g/mol. The third kappa shape index (κ3) is 3.40. The molecule has 0 aromatic heterocycles. The van der Waals surface area contributed by atoms with Crippen LogP contribution in [0.15, 0.2) is 30.3 Å². The zero-order valence-electron chi connectivity index (χ0n) is 12.3. The summed E-state index contributed by atoms with van der Waals surface area (Å²) in [5.74, 6) is 0.294. The summed E-state index contributed by atoms with van der Waals surface area (Å²) < 4.78 is 12.0. The zero-order chi connectivity index (χ0) is 13.8. The van der Waals surface area contributed by atoms with Crippen LogP contribution >= 0.6 is 0 Å². The molecule has 0 spiro atoms. The van der Waals surface area contributed by atoms with Gasteiger partial charge in [0.25, 0.3) is 0 Å². The lowest BCUT2D eigenvalue weighted by Crippen LogP contribution is -2.37. The van der Waals surface area contributed by atoms with Gasteiger partial charge in [0.15, 0.2) is 6.29 Å². The van der Waals surface area contributed by atoms with Crippen molar-refractivity contribution in [3.05, 3.63) is 35.9 Å². The monoisotopic (exact) mass is 275 g/mol. The van der Waals surface area contributed by atoms with E-state index in [-0.39, 0.29) is 12.4 Å². The molecule has 0 amide bonds. The summed E-state index contributed by atoms with van der Waals surface area (Å²) in [5.41, 5.74) is 1.29. The van der Waals surface area contributed by atoms with Gasteiger partial charge in [0.2, 0.25) is 0 Å². The van der Waals surface area contributed by atoms with Gasteiger partial charge >= 0.3 is 0 Å². The largest absolute Gasteiger partial charge is 0.349 e. The molecular weight excluding hydrogens is 250 g/mol. The van der Waals surface area contributed by atoms with Crippen LogP contribution in [0.5, 0.6) is 0 Å². The predicted molar refractivity (Wildman–Crippen MR) is 79.8 cm³/mol. The van der Waals surface area contributed by atoms with Gasteiger partial charge in [0.05, 0.1) is 12.7 Å². The first-order valence-corrected chi connectivity index (χ1v) is 7.87. The van der Waals surface area contributed by atoms with Gasteiger partial charge < -0.3 is 14.4 Å². The number of piperidine rings is 1. The molecule has 1 aromatic rings. The minimum Gasteiger partial charge on any atom is -0.349 e. The lowest BCUT2D eigenvalue weighted by atomic mass is 10.0. The molecule has 1 aromatic carbocycles. The highest BCUT2D eigenvalue weighted by Gasteiger charge is 2.32. The molecule has 3 rings (SSSR count). The van der Waals surface area contributed by atoms with Gasteiger partial charge in [-0.3, -0.25) is 0 Å². The minimum atomic E-state index is -0.0906. The Morgan fingerprint density at radius 3 is 2.65 bits per heavy atom. The van der Waals surface area contributed by atoms with E-state index in [1.165, 1.54) is 37.9 Å². The van der Waals surface area contributed by atoms with E-state index in [4.69, 9.17) is 9.47 Å². The van der Waals surface area contributed by atoms with E-state index in [1.807, 2.05) is 6.07 Å². The van der Waals surface area contributed by atoms with E-state index in [0.29, 0.717) is 5.92 Å². The van der Waals surface area contributed by atoms with Crippen molar-refractivity contribution in [3.63, 3.8) is 0 Å². The Bertz CT molecular complexity index is 403. The smallest absolute Gasteiger partial charge is 0.164 e. The summed E-state index contributed by atoms with van der Waals surface area (Å²) in [6.07, 6.45) is 4.19. The van der Waals surface area contributed by atoms with Gasteiger partial charge in [0, 0.05) is 12.5 Å². The fraction of sp³-hybridized carbons (Fsp3) is 0.647. The van der Waals surface area contributed by atoms with Crippen molar-refractivity contribution < 1.29 is 9.47 Å². The Kier molecular flexibility index (Phi) is 4.71. The fourth-order valence-corrected chi connectivity index (χ4v) is 3.17. The first-order chi connectivity index (χ1) is 9.83. The van der Waals surface area contributed by atoms with E-state index in [2.05, 4.69) is 36.1 Å². The van der Waals surface area contributed by atoms with Crippen LogP contribution < -0.4 is 0 Å². The SMILES string of the molecule is C[C@H](c1ccccc1)[C@H]1OC[C@H](CN2CCCCC2)O1. The summed E-state index contributed by atoms with van der Waals surface area (Å²) in [4.78, 5) is 2.52. The fourth-order valence-electron chi connectivity index (χ4n) is 3.17. The number of nitrogens with zero attached hydrogens (tertiary/aromatic N) is 1. The Labute approximate surface area is 121 Å². The van der Waals surface area contributed by atoms with E-state index in [9.17, 15) is 0 Å². The van der Waals surface area contributed by atoms with Crippen LogP contribution in [0, 0.1) is 0 Å². The van der Waals surface area contributed by atoms with Crippen molar-refractivity contribution in [2.45, 2.75) is 44.5 Å². The highest BCUT2D eigenvalue weighted by molar-refractivity contribution is 5.19. The van der Waals surface area contributed by atoms with Gasteiger partial charge in [-0.2, -0.15) is 0 Å². The van der Waals surface area contributed by atoms with Crippen LogP contribution in [0.2, 0.25) is 0 Å². The van der Waals surface area contributed by atoms with E-state index in [0.717, 1.165) is 13.2 Å². The second-order valence-corrected chi connectivity index (χ2v) is 6.02. The number of benzene rings is 1. The standard InChI is InChI=1S/C17H25NO2/c1-14(15-8-4-2-5-9-15)17-19-13-16(20-17)12-18-10-6-3-7-11-18/h2,4-5,8-9,14,16-17H,3,6-7,10-13H2,1H3/t14-,16+,17+/m1/s1. The van der Waals surface area contributed by atoms with Crippen LogP contribution in [0.4, 0.5) is 0 Å². The number of ether oxygens (including phenoxy) is 2. The Morgan fingerprint density at radius 2 is 1.90 bits per heavy atom. The van der Waals surface area contributed by atoms with E-state index in [1.54, 1.807) is 0 Å². The lowest BCUT2D eigenvalue weighted by molar-refractivity contribution is -0.0758. The highest BCUT2D eigenvalue weighted by atomic mass is 16.7. The quantitative estimate of drug-likeness (QED) is 0.843. The number of hydrogen-bond donors (Lipinski definition) is 0. The first kappa shape index (κ1) is 14.1. The van der Waals surface area contributed by atoms with Gasteiger partial charge in [-0.15, -0.1) is 0 Å². The summed E-state index contributed by atoms with van der Waals surface area (Å²) in [6, 6.07) is 10.5. The van der Waals surface area contributed by atoms with Gasteiger partial charge in [-0.25, -0.2) is 0 Å². The molecule has 0 saturated carbocycles. The number of likely N-dealkylation sites (tertiary alicyclic amines) is 1. The maximum atomic E-state index is 6.12. The maximum absolute atomic E-state index is 6.12. The molecule has 0 radical (unpaired) electrons. The average Bonchev–Trinajstić information content (AvgIpc) is 2.97. The van der Waals surface area contributed by atoms with E-state index >= 15 is 0 Å². The zero-order valence-corrected chi connectivity index (χ0v) is 12.3. The Morgan fingerprint density at radius 1 is 1.15 bits per heavy atom. The van der Waals surface area contributed by atoms with Gasteiger partial charge in [0.1, 0.15) is 0 Å². The maximum Gasteiger partial charge on any atom is 0.164 e. The normalized spacial score (nSPS) is 29.4. The van der Waals surface area contributed by atoms with Crippen molar-refractivity contribution in [3.8, 4) is 0 Å². The molecule has 2 aliphatic heterocycles. The lowest BCUT2D eigenvalue weighted by Gasteiger charge is -2.28. The van der Waals surface area contributed by atoms with Crippen LogP contribution in [0.1, 0.15) is 37.7 Å². The van der Waals surface area contributed by atoms with Crippen molar-refractivity contribution in [1.82, 2.24) is 4.90 Å². The molecule has 2 aliphatic rings. The second kappa shape index (κ2) is 6.70. The van der Waals surface area contributed by atoms with Crippen LogP contribution in [0.25, 0.3) is 0 Å². The topological polar surface area (TPSA) is 21.7 Å². The van der Waals surface area contributed by atoms with Gasteiger partial charge in [-0.05, 0) is 31.5 Å². The molecule has 2 heterocycles. The Hall–Kier alpha value is -0.900. The molecule has 2 saturated heterocycles. The number of rotatable bonds is 4. The Balaban J connectivity index is 1.51. The molecule has 3 atom stereocenters. The number of hydrogen-bond acceptors (Lipinski definition) is 3. The van der Waals surface area contributed by atoms with Crippen LogP contribution in [-0.4, -0.2) is 43.5 Å². The predicted octanol–water partition coefficient (Wildman–Crippen LogP) is 3.02. The summed E-state index contributed by atoms with van der Waals surface area (Å²) in [6.45, 7) is 6.39. The minimum absolute atomic E-state index is 0.0906. The molecule has 0 unspecified atom stereocenters. The van der Waals surface area contributed by atoms with Crippen LogP contribution in [0.3, 0.4) is 0 Å². The second-order valence-electron chi connectivity index (χ2n) is 6.02. The van der Waals surface area contributed by atoms with E-state index < -0.39 is 0 Å². The molecule has 20 heavy (non-hydrogen) atoms. The van der Waals surface area contributed by atoms with Crippen molar-refractivity contribution in [1.29, 1.82) is 0 Å². The van der Waals surface area contributed by atoms with Crippen LogP contribution in [-0.2, 0) is 9.47 Å². The highest BCUT2D eigenvalue weighted by Crippen LogP contribution is 2.27. The molecular formula is C17H25NO2. The first-order valence-electron chi connectivity index (χ1n) is 7.87. The van der Waals surface area contributed by atoms with Crippen molar-refractivity contribution >= 4 is 0 Å². The molecule has 0 bridgehead atoms. The van der Waals surface area contributed by atoms with Crippen molar-refractivity contribution in [2.75, 3.05) is 26.2 Å². The molecule has 110 valence electrons. The molecule has 3 nitrogen and oxygen atoms in total. The van der Waals surface area contributed by atoms with Crippen molar-refractivity contribution in [2.24, 2.45) is 0 Å². The third-order valence-electron chi connectivity index (χ3n) is 4.42. The summed E-state index contributed by atoms with van der Waals surface area (Å²) >= 11 is 0. The third-order valence-corrected chi connectivity index (χ3v) is 4.42. The summed E-state index contributed by atoms with van der Waals surface area (Å²) in [5, 5.41) is 0. The molecule has 2 fully saturated rings.